The summed E-state index contributed by atoms with van der Waals surface area (Å²) in [5.41, 5.74) is 6.44. The van der Waals surface area contributed by atoms with Crippen LogP contribution >= 0.6 is 0 Å². The number of carbonyl (C=O) groups is 4. The molecular formula is C43H50N8O9. The highest BCUT2D eigenvalue weighted by Gasteiger charge is 2.40. The molecule has 2 aromatic heterocycles. The van der Waals surface area contributed by atoms with Crippen molar-refractivity contribution < 1.29 is 42.9 Å². The van der Waals surface area contributed by atoms with Gasteiger partial charge in [-0.1, -0.05) is 18.2 Å². The van der Waals surface area contributed by atoms with E-state index in [0.29, 0.717) is 31.3 Å². The zero-order valence-corrected chi connectivity index (χ0v) is 34.5. The first kappa shape index (κ1) is 40.6. The molecule has 1 unspecified atom stereocenters. The van der Waals surface area contributed by atoms with Gasteiger partial charge in [0.15, 0.2) is 0 Å². The Morgan fingerprint density at radius 2 is 1.42 bits per heavy atom. The van der Waals surface area contributed by atoms with E-state index in [1.807, 2.05) is 12.1 Å². The first-order valence-electron chi connectivity index (χ1n) is 20.2. The smallest absolute Gasteiger partial charge is 0.407 e. The number of imidazole rings is 2. The third-order valence-electron chi connectivity index (χ3n) is 12.1. The predicted octanol–water partition coefficient (Wildman–Crippen LogP) is 5.51. The van der Waals surface area contributed by atoms with Crippen LogP contribution < -0.4 is 15.4 Å². The number of hydrogen-bond donors (Lipinski definition) is 4. The van der Waals surface area contributed by atoms with E-state index >= 15 is 0 Å². The summed E-state index contributed by atoms with van der Waals surface area (Å²) in [6, 6.07) is 12.0. The molecule has 4 N–H and O–H groups in total. The number of ether oxygens (including phenoxy) is 5. The van der Waals surface area contributed by atoms with Crippen LogP contribution in [0.2, 0.25) is 0 Å². The molecule has 5 heterocycles. The number of H-pyrrole nitrogens is 2. The molecule has 8 rings (SSSR count). The molecule has 0 saturated carbocycles. The Morgan fingerprint density at radius 1 is 0.783 bits per heavy atom. The number of nitrogens with one attached hydrogen (secondary N) is 4. The quantitative estimate of drug-likeness (QED) is 0.131. The van der Waals surface area contributed by atoms with Gasteiger partial charge in [0.1, 0.15) is 36.1 Å². The Kier molecular flexibility index (Phi) is 11.4. The highest BCUT2D eigenvalue weighted by molar-refractivity contribution is 6.07. The van der Waals surface area contributed by atoms with Crippen LogP contribution in [-0.4, -0.2) is 120 Å². The van der Waals surface area contributed by atoms with Crippen molar-refractivity contribution in [2.24, 2.45) is 0 Å². The molecular weight excluding hydrogens is 773 g/mol. The van der Waals surface area contributed by atoms with Crippen LogP contribution in [0.25, 0.3) is 44.2 Å². The van der Waals surface area contributed by atoms with Crippen molar-refractivity contribution >= 4 is 45.8 Å². The van der Waals surface area contributed by atoms with E-state index in [9.17, 15) is 19.2 Å². The van der Waals surface area contributed by atoms with Crippen LogP contribution in [0, 0.1) is 0 Å². The van der Waals surface area contributed by atoms with Crippen LogP contribution in [0.15, 0.2) is 48.7 Å². The lowest BCUT2D eigenvalue weighted by atomic mass is 9.92. The molecule has 6 atom stereocenters. The maximum atomic E-state index is 13.8. The first-order valence-corrected chi connectivity index (χ1v) is 20.2. The van der Waals surface area contributed by atoms with Crippen LogP contribution in [0.3, 0.4) is 0 Å². The lowest BCUT2D eigenvalue weighted by Gasteiger charge is -2.30. The second-order valence-electron chi connectivity index (χ2n) is 15.5. The van der Waals surface area contributed by atoms with Crippen LogP contribution in [0.4, 0.5) is 9.59 Å². The Bertz CT molecular complexity index is 2450. The molecule has 3 aliphatic rings. The van der Waals surface area contributed by atoms with Crippen LogP contribution in [-0.2, 0) is 35.1 Å². The van der Waals surface area contributed by atoms with Gasteiger partial charge in [-0.15, -0.1) is 0 Å². The maximum Gasteiger partial charge on any atom is 0.407 e. The van der Waals surface area contributed by atoms with Crippen LogP contribution in [0.1, 0.15) is 68.8 Å². The number of fused-ring (bicyclic) bond motifs is 6. The van der Waals surface area contributed by atoms with Gasteiger partial charge in [0.25, 0.3) is 0 Å². The number of amides is 4. The average Bonchev–Trinajstić information content (AvgIpc) is 4.12. The van der Waals surface area contributed by atoms with E-state index in [2.05, 4.69) is 50.9 Å². The van der Waals surface area contributed by atoms with E-state index in [-0.39, 0.29) is 23.9 Å². The zero-order valence-electron chi connectivity index (χ0n) is 34.5. The lowest BCUT2D eigenvalue weighted by Crippen LogP contribution is -2.54. The molecule has 2 fully saturated rings. The minimum absolute atomic E-state index is 0.258. The fourth-order valence-corrected chi connectivity index (χ4v) is 8.68. The Morgan fingerprint density at radius 3 is 2.03 bits per heavy atom. The average molecular weight is 823 g/mol. The van der Waals surface area contributed by atoms with Crippen molar-refractivity contribution in [2.75, 3.05) is 41.5 Å². The SMILES string of the molecule is COC(=O)NC(C(=O)N1CCC[C@H]1c1nc2ccc3cc4c(cc3c2[nH]1)OCc1cc(-c2cnc([C@@H]3CCCN3C(=O)[C@@H](NC(=O)OC)[C@@H](C)OC)[nH]2)ccc1-4)[C@@H](C)OC. The summed E-state index contributed by atoms with van der Waals surface area (Å²) in [5.74, 6) is 1.59. The molecule has 316 valence electrons. The number of hydrogen-bond acceptors (Lipinski definition) is 11. The molecule has 17 nitrogen and oxygen atoms in total. The number of alkyl carbamates (subject to hydrolysis) is 2. The summed E-state index contributed by atoms with van der Waals surface area (Å²) >= 11 is 0. The minimum atomic E-state index is -0.920. The van der Waals surface area contributed by atoms with Gasteiger partial charge in [-0.3, -0.25) is 9.59 Å². The van der Waals surface area contributed by atoms with E-state index < -0.39 is 36.5 Å². The van der Waals surface area contributed by atoms with Crippen molar-refractivity contribution in [3.8, 4) is 28.1 Å². The monoisotopic (exact) mass is 822 g/mol. The third kappa shape index (κ3) is 7.47. The molecule has 0 aliphatic carbocycles. The standard InChI is InChI=1S/C43H50N8O9/c1-22(56-3)35(48-42(54)58-5)40(52)50-15-7-9-32(50)38-44-20-31(46-38)25-11-13-27-26(17-25)21-60-34-19-28-24(18-29(27)34)12-14-30-37(28)47-39(45-30)33-10-8-16-51(33)41(53)36(23(2)57-4)49-43(55)59-6/h11-14,17-20,22-23,32-33,35-36H,7-10,15-16,21H2,1-6H3,(H,44,46)(H,45,47)(H,48,54)(H,49,55)/t22-,23-,32+,33+,35+,36?/m1/s1. The lowest BCUT2D eigenvalue weighted by molar-refractivity contribution is -0.138. The van der Waals surface area contributed by atoms with Gasteiger partial charge in [0.2, 0.25) is 11.8 Å². The second kappa shape index (κ2) is 16.8. The van der Waals surface area contributed by atoms with Gasteiger partial charge in [-0.05, 0) is 85.9 Å². The highest BCUT2D eigenvalue weighted by atomic mass is 16.5. The molecule has 5 aromatic rings. The fraction of sp³-hybridized carbons (Fsp3) is 0.442. The van der Waals surface area contributed by atoms with Crippen molar-refractivity contribution in [1.29, 1.82) is 0 Å². The van der Waals surface area contributed by atoms with E-state index in [4.69, 9.17) is 33.7 Å². The summed E-state index contributed by atoms with van der Waals surface area (Å²) in [7, 11) is 5.51. The van der Waals surface area contributed by atoms with Crippen molar-refractivity contribution in [1.82, 2.24) is 40.4 Å². The molecule has 17 heteroatoms. The fourth-order valence-electron chi connectivity index (χ4n) is 8.68. The number of likely N-dealkylation sites (tertiary alicyclic amines) is 2. The minimum Gasteiger partial charge on any atom is -0.488 e. The van der Waals surface area contributed by atoms with Gasteiger partial charge in [-0.25, -0.2) is 19.6 Å². The van der Waals surface area contributed by atoms with Crippen molar-refractivity contribution in [3.05, 3.63) is 65.9 Å². The molecule has 2 saturated heterocycles. The second-order valence-corrected chi connectivity index (χ2v) is 15.5. The topological polar surface area (TPSA) is 202 Å². The summed E-state index contributed by atoms with van der Waals surface area (Å²) in [4.78, 5) is 71.9. The molecule has 3 aromatic carbocycles. The van der Waals surface area contributed by atoms with E-state index in [1.165, 1.54) is 28.4 Å². The molecule has 0 radical (unpaired) electrons. The molecule has 3 aliphatic heterocycles. The zero-order chi connectivity index (χ0) is 42.2. The Labute approximate surface area is 346 Å². The molecule has 0 bridgehead atoms. The number of benzene rings is 3. The van der Waals surface area contributed by atoms with Gasteiger partial charge >= 0.3 is 12.2 Å². The highest BCUT2D eigenvalue weighted by Crippen LogP contribution is 2.43. The third-order valence-corrected chi connectivity index (χ3v) is 12.1. The summed E-state index contributed by atoms with van der Waals surface area (Å²) < 4.78 is 26.8. The first-order chi connectivity index (χ1) is 29.0. The number of nitrogens with zero attached hydrogens (tertiary/aromatic N) is 4. The van der Waals surface area contributed by atoms with E-state index in [0.717, 1.165) is 81.2 Å². The van der Waals surface area contributed by atoms with Crippen molar-refractivity contribution in [3.63, 3.8) is 0 Å². The molecule has 0 spiro atoms. The Balaban J connectivity index is 1.03. The number of aromatic amines is 2. The van der Waals surface area contributed by atoms with E-state index in [1.54, 1.807) is 29.8 Å². The Hall–Kier alpha value is -6.20. The number of aromatic nitrogens is 4. The predicted molar refractivity (Wildman–Crippen MR) is 220 cm³/mol. The van der Waals surface area contributed by atoms with Crippen molar-refractivity contribution in [2.45, 2.75) is 82.5 Å². The van der Waals surface area contributed by atoms with Gasteiger partial charge < -0.3 is 54.1 Å². The van der Waals surface area contributed by atoms with Gasteiger partial charge in [0, 0.05) is 38.3 Å². The molecule has 4 amide bonds. The summed E-state index contributed by atoms with van der Waals surface area (Å²) in [6.07, 6.45) is 2.27. The largest absolute Gasteiger partial charge is 0.488 e. The summed E-state index contributed by atoms with van der Waals surface area (Å²) in [6.45, 7) is 4.88. The number of carbonyl (C=O) groups excluding carboxylic acids is 4. The number of rotatable bonds is 11. The normalized spacial score (nSPS) is 19.2. The van der Waals surface area contributed by atoms with Gasteiger partial charge in [0.05, 0.1) is 61.4 Å². The summed E-state index contributed by atoms with van der Waals surface area (Å²) in [5, 5.41) is 7.22. The van der Waals surface area contributed by atoms with Gasteiger partial charge in [-0.2, -0.15) is 0 Å². The van der Waals surface area contributed by atoms with Crippen LogP contribution in [0.5, 0.6) is 5.75 Å². The molecule has 60 heavy (non-hydrogen) atoms. The maximum absolute atomic E-state index is 13.8. The number of methoxy groups -OCH3 is 4.